The molecule has 6 heteroatoms. The Labute approximate surface area is 159 Å². The highest BCUT2D eigenvalue weighted by Crippen LogP contribution is 2.22. The first kappa shape index (κ1) is 18.4. The smallest absolute Gasteiger partial charge is 0.223 e. The van der Waals surface area contributed by atoms with E-state index in [1.165, 1.54) is 0 Å². The van der Waals surface area contributed by atoms with Gasteiger partial charge in [-0.2, -0.15) is 0 Å². The van der Waals surface area contributed by atoms with Crippen molar-refractivity contribution in [3.05, 3.63) is 60.4 Å². The van der Waals surface area contributed by atoms with Crippen LogP contribution in [0.15, 0.2) is 54.6 Å². The van der Waals surface area contributed by atoms with Crippen LogP contribution < -0.4 is 5.32 Å². The van der Waals surface area contributed by atoms with Gasteiger partial charge in [-0.05, 0) is 24.3 Å². The van der Waals surface area contributed by atoms with Gasteiger partial charge in [0.2, 0.25) is 5.91 Å². The molecular weight excluding hydrogens is 348 g/mol. The van der Waals surface area contributed by atoms with Crippen LogP contribution in [0.2, 0.25) is 0 Å². The summed E-state index contributed by atoms with van der Waals surface area (Å²) in [6.07, 6.45) is 1.14. The Hall–Kier alpha value is -2.37. The summed E-state index contributed by atoms with van der Waals surface area (Å²) < 4.78 is 2.17. The zero-order valence-electron chi connectivity index (χ0n) is 14.6. The highest BCUT2D eigenvalue weighted by atomic mass is 35.5. The second-order valence-corrected chi connectivity index (χ2v) is 6.32. The molecule has 26 heavy (non-hydrogen) atoms. The zero-order chi connectivity index (χ0) is 17.1. The molecule has 5 nitrogen and oxygen atoms in total. The maximum atomic E-state index is 12.5. The van der Waals surface area contributed by atoms with Crippen LogP contribution in [0, 0.1) is 0 Å². The molecule has 0 spiro atoms. The lowest BCUT2D eigenvalue weighted by atomic mass is 10.2. The van der Waals surface area contributed by atoms with Crippen molar-refractivity contribution in [1.29, 1.82) is 0 Å². The number of hydrogen-bond donors (Lipinski definition) is 1. The highest BCUT2D eigenvalue weighted by molar-refractivity contribution is 5.85. The van der Waals surface area contributed by atoms with Crippen LogP contribution in [0.25, 0.3) is 16.7 Å². The Kier molecular flexibility index (Phi) is 5.91. The van der Waals surface area contributed by atoms with Crippen molar-refractivity contribution in [2.24, 2.45) is 0 Å². The van der Waals surface area contributed by atoms with Crippen molar-refractivity contribution in [2.75, 3.05) is 26.2 Å². The summed E-state index contributed by atoms with van der Waals surface area (Å²) in [4.78, 5) is 19.2. The number of para-hydroxylation sites is 3. The Morgan fingerprint density at radius 1 is 1.00 bits per heavy atom. The van der Waals surface area contributed by atoms with Gasteiger partial charge >= 0.3 is 0 Å². The quantitative estimate of drug-likeness (QED) is 0.768. The Balaban J connectivity index is 0.00000196. The molecule has 0 aliphatic carbocycles. The van der Waals surface area contributed by atoms with Gasteiger partial charge in [-0.1, -0.05) is 30.3 Å². The number of fused-ring (bicyclic) bond motifs is 1. The Morgan fingerprint density at radius 2 is 1.69 bits per heavy atom. The van der Waals surface area contributed by atoms with Crippen LogP contribution >= 0.6 is 12.4 Å². The van der Waals surface area contributed by atoms with Crippen LogP contribution in [-0.4, -0.2) is 46.5 Å². The van der Waals surface area contributed by atoms with Gasteiger partial charge in [0, 0.05) is 44.7 Å². The van der Waals surface area contributed by atoms with Gasteiger partial charge in [-0.3, -0.25) is 9.36 Å². The number of nitrogens with zero attached hydrogens (tertiary/aromatic N) is 3. The number of imidazole rings is 1. The SMILES string of the molecule is Cl.O=C(CCc1nc2ccccc2n1-c1ccccc1)N1CCNCC1. The molecule has 1 amide bonds. The average Bonchev–Trinajstić information content (AvgIpc) is 3.06. The number of aromatic nitrogens is 2. The van der Waals surface area contributed by atoms with Gasteiger partial charge in [-0.25, -0.2) is 4.98 Å². The van der Waals surface area contributed by atoms with E-state index in [-0.39, 0.29) is 18.3 Å². The normalized spacial score (nSPS) is 14.2. The summed E-state index contributed by atoms with van der Waals surface area (Å²) in [6.45, 7) is 3.37. The van der Waals surface area contributed by atoms with Crippen molar-refractivity contribution in [1.82, 2.24) is 19.8 Å². The molecule has 3 aromatic rings. The number of hydrogen-bond acceptors (Lipinski definition) is 3. The number of nitrogens with one attached hydrogen (secondary N) is 1. The van der Waals surface area contributed by atoms with Crippen LogP contribution in [-0.2, 0) is 11.2 Å². The summed E-state index contributed by atoms with van der Waals surface area (Å²) in [7, 11) is 0. The third kappa shape index (κ3) is 3.74. The summed E-state index contributed by atoms with van der Waals surface area (Å²) in [5.74, 6) is 1.16. The monoisotopic (exact) mass is 370 g/mol. The minimum atomic E-state index is 0. The third-order valence-electron chi connectivity index (χ3n) is 4.68. The van der Waals surface area contributed by atoms with E-state index in [4.69, 9.17) is 4.98 Å². The topological polar surface area (TPSA) is 50.2 Å². The Morgan fingerprint density at radius 3 is 2.46 bits per heavy atom. The van der Waals surface area contributed by atoms with E-state index in [9.17, 15) is 4.79 Å². The number of aryl methyl sites for hydroxylation is 1. The van der Waals surface area contributed by atoms with E-state index >= 15 is 0 Å². The lowest BCUT2D eigenvalue weighted by Gasteiger charge is -2.27. The molecule has 1 fully saturated rings. The molecular formula is C20H23ClN4O. The minimum absolute atomic E-state index is 0. The molecule has 0 unspecified atom stereocenters. The van der Waals surface area contributed by atoms with E-state index in [0.29, 0.717) is 12.8 Å². The van der Waals surface area contributed by atoms with Gasteiger partial charge in [0.05, 0.1) is 11.0 Å². The average molecular weight is 371 g/mol. The lowest BCUT2D eigenvalue weighted by molar-refractivity contribution is -0.131. The van der Waals surface area contributed by atoms with E-state index in [0.717, 1.165) is 48.7 Å². The predicted molar refractivity (Wildman–Crippen MR) is 106 cm³/mol. The van der Waals surface area contributed by atoms with E-state index in [1.807, 2.05) is 41.3 Å². The first-order chi connectivity index (χ1) is 12.3. The van der Waals surface area contributed by atoms with Gasteiger partial charge in [-0.15, -0.1) is 12.4 Å². The number of piperazine rings is 1. The molecule has 2 aromatic carbocycles. The molecule has 1 N–H and O–H groups in total. The molecule has 0 radical (unpaired) electrons. The molecule has 0 saturated carbocycles. The van der Waals surface area contributed by atoms with Gasteiger partial charge < -0.3 is 10.2 Å². The van der Waals surface area contributed by atoms with Crippen LogP contribution in [0.3, 0.4) is 0 Å². The van der Waals surface area contributed by atoms with E-state index < -0.39 is 0 Å². The molecule has 4 rings (SSSR count). The standard InChI is InChI=1S/C20H22N4O.ClH/c25-20(23-14-12-21-13-15-23)11-10-19-22-17-8-4-5-9-18(17)24(19)16-6-2-1-3-7-16;/h1-9,21H,10-15H2;1H. The third-order valence-corrected chi connectivity index (χ3v) is 4.68. The molecule has 1 aromatic heterocycles. The molecule has 2 heterocycles. The predicted octanol–water partition coefficient (Wildman–Crippen LogP) is 2.81. The highest BCUT2D eigenvalue weighted by Gasteiger charge is 2.18. The lowest BCUT2D eigenvalue weighted by Crippen LogP contribution is -2.46. The maximum absolute atomic E-state index is 12.5. The van der Waals surface area contributed by atoms with Crippen LogP contribution in [0.1, 0.15) is 12.2 Å². The number of carbonyl (C=O) groups excluding carboxylic acids is 1. The van der Waals surface area contributed by atoms with Crippen molar-refractivity contribution in [2.45, 2.75) is 12.8 Å². The van der Waals surface area contributed by atoms with Crippen LogP contribution in [0.5, 0.6) is 0 Å². The van der Waals surface area contributed by atoms with Gasteiger partial charge in [0.1, 0.15) is 5.82 Å². The molecule has 0 atom stereocenters. The molecule has 0 bridgehead atoms. The van der Waals surface area contributed by atoms with Crippen LogP contribution in [0.4, 0.5) is 0 Å². The van der Waals surface area contributed by atoms with Gasteiger partial charge in [0.15, 0.2) is 0 Å². The molecule has 1 aliphatic rings. The summed E-state index contributed by atoms with van der Waals surface area (Å²) >= 11 is 0. The molecule has 136 valence electrons. The number of amides is 1. The minimum Gasteiger partial charge on any atom is -0.340 e. The maximum Gasteiger partial charge on any atom is 0.223 e. The summed E-state index contributed by atoms with van der Waals surface area (Å²) in [6, 6.07) is 18.4. The van der Waals surface area contributed by atoms with E-state index in [2.05, 4.69) is 28.1 Å². The fourth-order valence-corrected chi connectivity index (χ4v) is 3.40. The first-order valence-electron chi connectivity index (χ1n) is 8.83. The first-order valence-corrected chi connectivity index (χ1v) is 8.83. The van der Waals surface area contributed by atoms with Gasteiger partial charge in [0.25, 0.3) is 0 Å². The number of rotatable bonds is 4. The summed E-state index contributed by atoms with van der Waals surface area (Å²) in [5, 5.41) is 3.28. The van der Waals surface area contributed by atoms with E-state index in [1.54, 1.807) is 0 Å². The number of halogens is 1. The van der Waals surface area contributed by atoms with Crippen molar-refractivity contribution < 1.29 is 4.79 Å². The molecule has 1 saturated heterocycles. The van der Waals surface area contributed by atoms with Crippen molar-refractivity contribution in [3.8, 4) is 5.69 Å². The fraction of sp³-hybridized carbons (Fsp3) is 0.300. The molecule has 1 aliphatic heterocycles. The zero-order valence-corrected chi connectivity index (χ0v) is 15.4. The summed E-state index contributed by atoms with van der Waals surface area (Å²) in [5.41, 5.74) is 3.13. The second-order valence-electron chi connectivity index (χ2n) is 6.32. The largest absolute Gasteiger partial charge is 0.340 e. The number of benzene rings is 2. The van der Waals surface area contributed by atoms with Crippen molar-refractivity contribution >= 4 is 29.3 Å². The number of carbonyl (C=O) groups is 1. The van der Waals surface area contributed by atoms with Crippen molar-refractivity contribution in [3.63, 3.8) is 0 Å². The fourth-order valence-electron chi connectivity index (χ4n) is 3.40. The second kappa shape index (κ2) is 8.34. The Bertz CT molecular complexity index is 872.